The maximum atomic E-state index is 13.0. The van der Waals surface area contributed by atoms with Crippen LogP contribution >= 0.6 is 11.6 Å². The van der Waals surface area contributed by atoms with Gasteiger partial charge in [-0.3, -0.25) is 9.59 Å². The van der Waals surface area contributed by atoms with E-state index < -0.39 is 0 Å². The molecule has 1 aliphatic heterocycles. The fourth-order valence-corrected chi connectivity index (χ4v) is 3.67. The van der Waals surface area contributed by atoms with Crippen molar-refractivity contribution in [3.63, 3.8) is 0 Å². The Kier molecular flexibility index (Phi) is 6.63. The van der Waals surface area contributed by atoms with E-state index in [9.17, 15) is 14.7 Å². The molecule has 1 aromatic rings. The Morgan fingerprint density at radius 1 is 1.42 bits per heavy atom. The minimum absolute atomic E-state index is 0.0116. The molecule has 2 amide bonds. The summed E-state index contributed by atoms with van der Waals surface area (Å²) >= 11 is 6.13. The molecule has 1 N–H and O–H groups in total. The highest BCUT2D eigenvalue weighted by Gasteiger charge is 2.41. The third kappa shape index (κ3) is 3.90. The molecular formula is C18H25ClN2O3. The minimum atomic E-state index is -0.312. The van der Waals surface area contributed by atoms with E-state index in [1.54, 1.807) is 15.9 Å². The third-order valence-electron chi connectivity index (χ3n) is 4.62. The van der Waals surface area contributed by atoms with Crippen molar-refractivity contribution in [2.24, 2.45) is 5.92 Å². The number of piperidine rings is 1. The van der Waals surface area contributed by atoms with Crippen molar-refractivity contribution in [2.75, 3.05) is 26.2 Å². The van der Waals surface area contributed by atoms with Gasteiger partial charge in [0.2, 0.25) is 11.8 Å². The molecule has 0 spiro atoms. The van der Waals surface area contributed by atoms with Crippen molar-refractivity contribution in [3.05, 3.63) is 34.9 Å². The van der Waals surface area contributed by atoms with Gasteiger partial charge in [-0.25, -0.2) is 0 Å². The maximum Gasteiger partial charge on any atom is 0.228 e. The van der Waals surface area contributed by atoms with E-state index in [0.29, 0.717) is 37.5 Å². The predicted octanol–water partition coefficient (Wildman–Crippen LogP) is 2.48. The highest BCUT2D eigenvalue weighted by molar-refractivity contribution is 6.30. The summed E-state index contributed by atoms with van der Waals surface area (Å²) in [5, 5.41) is 9.79. The third-order valence-corrected chi connectivity index (χ3v) is 4.85. The molecule has 132 valence electrons. The predicted molar refractivity (Wildman–Crippen MR) is 93.6 cm³/mol. The van der Waals surface area contributed by atoms with Gasteiger partial charge in [-0.1, -0.05) is 23.7 Å². The molecular weight excluding hydrogens is 328 g/mol. The highest BCUT2D eigenvalue weighted by atomic mass is 35.5. The SMILES string of the molecule is CCN(CCO)C(=O)[C@@H]1CCC(=O)N(CC)[C@H]1c1cccc(Cl)c1. The van der Waals surface area contributed by atoms with Crippen molar-refractivity contribution in [1.29, 1.82) is 0 Å². The second-order valence-corrected chi connectivity index (χ2v) is 6.40. The number of benzene rings is 1. The van der Waals surface area contributed by atoms with Gasteiger partial charge in [-0.05, 0) is 38.0 Å². The zero-order chi connectivity index (χ0) is 17.7. The van der Waals surface area contributed by atoms with Crippen molar-refractivity contribution < 1.29 is 14.7 Å². The van der Waals surface area contributed by atoms with Crippen LogP contribution in [0.15, 0.2) is 24.3 Å². The number of likely N-dealkylation sites (N-methyl/N-ethyl adjacent to an activating group) is 1. The summed E-state index contributed by atoms with van der Waals surface area (Å²) in [6, 6.07) is 7.07. The Balaban J connectivity index is 2.39. The molecule has 24 heavy (non-hydrogen) atoms. The number of rotatable bonds is 6. The van der Waals surface area contributed by atoms with Crippen molar-refractivity contribution in [1.82, 2.24) is 9.80 Å². The topological polar surface area (TPSA) is 60.9 Å². The smallest absolute Gasteiger partial charge is 0.228 e. The molecule has 2 rings (SSSR count). The van der Waals surface area contributed by atoms with E-state index >= 15 is 0 Å². The first-order valence-electron chi connectivity index (χ1n) is 8.48. The van der Waals surface area contributed by atoms with Crippen LogP contribution in [0.25, 0.3) is 0 Å². The number of hydrogen-bond donors (Lipinski definition) is 1. The highest BCUT2D eigenvalue weighted by Crippen LogP contribution is 2.38. The van der Waals surface area contributed by atoms with Crippen LogP contribution in [-0.4, -0.2) is 53.0 Å². The number of aliphatic hydroxyl groups excluding tert-OH is 1. The number of aliphatic hydroxyl groups is 1. The molecule has 0 aromatic heterocycles. The first kappa shape index (κ1) is 18.7. The largest absolute Gasteiger partial charge is 0.395 e. The standard InChI is InChI=1S/C18H25ClN2O3/c1-3-20(10-11-22)18(24)15-8-9-16(23)21(4-2)17(15)13-6-5-7-14(19)12-13/h5-7,12,15,17,22H,3-4,8-11H2,1-2H3/t15-,17+/m1/s1. The first-order chi connectivity index (χ1) is 11.5. The van der Waals surface area contributed by atoms with Gasteiger partial charge >= 0.3 is 0 Å². The molecule has 5 nitrogen and oxygen atoms in total. The molecule has 1 saturated heterocycles. The molecule has 0 bridgehead atoms. The Morgan fingerprint density at radius 3 is 2.75 bits per heavy atom. The molecule has 0 aliphatic carbocycles. The molecule has 0 radical (unpaired) electrons. The summed E-state index contributed by atoms with van der Waals surface area (Å²) < 4.78 is 0. The van der Waals surface area contributed by atoms with Crippen LogP contribution in [0.1, 0.15) is 38.3 Å². The fourth-order valence-electron chi connectivity index (χ4n) is 3.47. The summed E-state index contributed by atoms with van der Waals surface area (Å²) in [6.45, 7) is 5.16. The molecule has 1 fully saturated rings. The quantitative estimate of drug-likeness (QED) is 0.855. The zero-order valence-electron chi connectivity index (χ0n) is 14.2. The summed E-state index contributed by atoms with van der Waals surface area (Å²) in [5.41, 5.74) is 0.885. The summed E-state index contributed by atoms with van der Waals surface area (Å²) in [7, 11) is 0. The molecule has 1 heterocycles. The Bertz CT molecular complexity index is 593. The number of nitrogens with zero attached hydrogens (tertiary/aromatic N) is 2. The van der Waals surface area contributed by atoms with Crippen LogP contribution in [0.3, 0.4) is 0 Å². The van der Waals surface area contributed by atoms with E-state index in [0.717, 1.165) is 5.56 Å². The number of carbonyl (C=O) groups is 2. The lowest BCUT2D eigenvalue weighted by Crippen LogP contribution is -2.49. The molecule has 2 atom stereocenters. The summed E-state index contributed by atoms with van der Waals surface area (Å²) in [4.78, 5) is 28.8. The number of carbonyl (C=O) groups excluding carboxylic acids is 2. The van der Waals surface area contributed by atoms with E-state index in [1.807, 2.05) is 32.0 Å². The second-order valence-electron chi connectivity index (χ2n) is 5.97. The first-order valence-corrected chi connectivity index (χ1v) is 8.85. The van der Waals surface area contributed by atoms with Gasteiger partial charge < -0.3 is 14.9 Å². The Hall–Kier alpha value is -1.59. The molecule has 0 saturated carbocycles. The lowest BCUT2D eigenvalue weighted by molar-refractivity contribution is -0.148. The average molecular weight is 353 g/mol. The zero-order valence-corrected chi connectivity index (χ0v) is 15.0. The number of amides is 2. The molecule has 6 heteroatoms. The van der Waals surface area contributed by atoms with Gasteiger partial charge in [0.1, 0.15) is 0 Å². The van der Waals surface area contributed by atoms with Crippen molar-refractivity contribution in [2.45, 2.75) is 32.7 Å². The molecule has 0 unspecified atom stereocenters. The van der Waals surface area contributed by atoms with E-state index in [-0.39, 0.29) is 30.4 Å². The van der Waals surface area contributed by atoms with E-state index in [1.165, 1.54) is 0 Å². The summed E-state index contributed by atoms with van der Waals surface area (Å²) in [6.07, 6.45) is 0.894. The van der Waals surface area contributed by atoms with Gasteiger partial charge in [-0.15, -0.1) is 0 Å². The van der Waals surface area contributed by atoms with E-state index in [2.05, 4.69) is 0 Å². The van der Waals surface area contributed by atoms with Crippen LogP contribution in [-0.2, 0) is 9.59 Å². The maximum absolute atomic E-state index is 13.0. The molecule has 1 aromatic carbocycles. The normalized spacial score (nSPS) is 21.0. The van der Waals surface area contributed by atoms with Crippen molar-refractivity contribution >= 4 is 23.4 Å². The second kappa shape index (κ2) is 8.49. The lowest BCUT2D eigenvalue weighted by Gasteiger charge is -2.42. The van der Waals surface area contributed by atoms with E-state index in [4.69, 9.17) is 11.6 Å². The number of likely N-dealkylation sites (tertiary alicyclic amines) is 1. The summed E-state index contributed by atoms with van der Waals surface area (Å²) in [5.74, 6) is -0.258. The van der Waals surface area contributed by atoms with Crippen LogP contribution in [0.4, 0.5) is 0 Å². The van der Waals surface area contributed by atoms with Crippen LogP contribution < -0.4 is 0 Å². The van der Waals surface area contributed by atoms with Gasteiger partial charge in [0.25, 0.3) is 0 Å². The fraction of sp³-hybridized carbons (Fsp3) is 0.556. The Labute approximate surface area is 148 Å². The van der Waals surface area contributed by atoms with Gasteiger partial charge in [0, 0.05) is 31.1 Å². The number of hydrogen-bond acceptors (Lipinski definition) is 3. The Morgan fingerprint density at radius 2 is 2.17 bits per heavy atom. The van der Waals surface area contributed by atoms with Crippen LogP contribution in [0.5, 0.6) is 0 Å². The average Bonchev–Trinajstić information content (AvgIpc) is 2.58. The minimum Gasteiger partial charge on any atom is -0.395 e. The van der Waals surface area contributed by atoms with Crippen LogP contribution in [0, 0.1) is 5.92 Å². The van der Waals surface area contributed by atoms with Gasteiger partial charge in [-0.2, -0.15) is 0 Å². The van der Waals surface area contributed by atoms with Crippen LogP contribution in [0.2, 0.25) is 5.02 Å². The van der Waals surface area contributed by atoms with Gasteiger partial charge in [0.05, 0.1) is 18.6 Å². The number of halogens is 1. The van der Waals surface area contributed by atoms with Crippen molar-refractivity contribution in [3.8, 4) is 0 Å². The molecule has 1 aliphatic rings. The monoisotopic (exact) mass is 352 g/mol. The lowest BCUT2D eigenvalue weighted by atomic mass is 9.83. The van der Waals surface area contributed by atoms with Gasteiger partial charge in [0.15, 0.2) is 0 Å².